The normalized spacial score (nSPS) is 10.4. The van der Waals surface area contributed by atoms with Crippen molar-refractivity contribution in [1.29, 1.82) is 0 Å². The largest absolute Gasteiger partial charge is 0.431 e. The van der Waals surface area contributed by atoms with Gasteiger partial charge in [-0.05, 0) is 26.0 Å². The molecule has 0 saturated heterocycles. The van der Waals surface area contributed by atoms with Crippen LogP contribution in [0.1, 0.15) is 21.9 Å². The van der Waals surface area contributed by atoms with Crippen molar-refractivity contribution in [2.75, 3.05) is 0 Å². The Bertz CT molecular complexity index is 546. The highest BCUT2D eigenvalue weighted by atomic mass is 16.4. The highest BCUT2D eigenvalue weighted by Gasteiger charge is 2.15. The number of carbonyl (C=O) groups excluding carboxylic acids is 1. The van der Waals surface area contributed by atoms with Crippen LogP contribution in [0.2, 0.25) is 0 Å². The molecule has 0 aliphatic rings. The minimum absolute atomic E-state index is 0.101. The number of hydrogen-bond donors (Lipinski definition) is 1. The summed E-state index contributed by atoms with van der Waals surface area (Å²) in [5.74, 6) is -0.122. The topological polar surface area (TPSA) is 82.0 Å². The molecule has 0 unspecified atom stereocenters. The third kappa shape index (κ3) is 1.79. The Morgan fingerprint density at radius 3 is 2.75 bits per heavy atom. The van der Waals surface area contributed by atoms with Crippen LogP contribution in [0.5, 0.6) is 0 Å². The summed E-state index contributed by atoms with van der Waals surface area (Å²) in [4.78, 5) is 19.2. The summed E-state index contributed by atoms with van der Waals surface area (Å²) in [7, 11) is 0. The van der Waals surface area contributed by atoms with Gasteiger partial charge in [-0.1, -0.05) is 0 Å². The molecule has 0 atom stereocenters. The van der Waals surface area contributed by atoms with E-state index in [1.165, 1.54) is 0 Å². The molecule has 2 rings (SSSR count). The molecule has 1 amide bonds. The van der Waals surface area contributed by atoms with Crippen molar-refractivity contribution in [3.8, 4) is 11.5 Å². The first-order chi connectivity index (χ1) is 7.58. The second-order valence-electron chi connectivity index (χ2n) is 3.48. The van der Waals surface area contributed by atoms with E-state index < -0.39 is 5.91 Å². The van der Waals surface area contributed by atoms with Crippen LogP contribution in [0.4, 0.5) is 0 Å². The van der Waals surface area contributed by atoms with E-state index in [9.17, 15) is 4.79 Å². The average molecular weight is 217 g/mol. The van der Waals surface area contributed by atoms with E-state index in [0.717, 1.165) is 11.3 Å². The minimum atomic E-state index is -0.609. The van der Waals surface area contributed by atoms with Crippen LogP contribution in [-0.2, 0) is 0 Å². The fourth-order valence-corrected chi connectivity index (χ4v) is 1.43. The Kier molecular flexibility index (Phi) is 2.44. The Labute approximate surface area is 92.3 Å². The van der Waals surface area contributed by atoms with Crippen LogP contribution in [0.3, 0.4) is 0 Å². The summed E-state index contributed by atoms with van der Waals surface area (Å²) < 4.78 is 5.30. The molecule has 82 valence electrons. The van der Waals surface area contributed by atoms with Gasteiger partial charge in [0.25, 0.3) is 5.91 Å². The van der Waals surface area contributed by atoms with E-state index in [1.54, 1.807) is 19.2 Å². The van der Waals surface area contributed by atoms with E-state index >= 15 is 0 Å². The van der Waals surface area contributed by atoms with Gasteiger partial charge in [0.05, 0.1) is 5.69 Å². The number of primary amides is 1. The van der Waals surface area contributed by atoms with E-state index in [4.69, 9.17) is 10.2 Å². The van der Waals surface area contributed by atoms with Crippen molar-refractivity contribution < 1.29 is 9.21 Å². The zero-order valence-corrected chi connectivity index (χ0v) is 9.02. The Hall–Kier alpha value is -2.17. The van der Waals surface area contributed by atoms with Crippen LogP contribution in [0.25, 0.3) is 11.5 Å². The molecular weight excluding hydrogens is 206 g/mol. The second-order valence-corrected chi connectivity index (χ2v) is 3.48. The summed E-state index contributed by atoms with van der Waals surface area (Å²) in [6.07, 6.45) is 1.66. The van der Waals surface area contributed by atoms with Gasteiger partial charge in [-0.15, -0.1) is 0 Å². The molecule has 2 aromatic heterocycles. The molecule has 0 aliphatic heterocycles. The number of oxazole rings is 1. The SMILES string of the molecule is Cc1cc(-c2nc(C)c(C(N)=O)o2)ccn1. The number of aryl methyl sites for hydroxylation is 2. The molecular formula is C11H11N3O2. The molecule has 0 radical (unpaired) electrons. The number of pyridine rings is 1. The summed E-state index contributed by atoms with van der Waals surface area (Å²) in [6, 6.07) is 3.60. The van der Waals surface area contributed by atoms with Crippen LogP contribution < -0.4 is 5.73 Å². The summed E-state index contributed by atoms with van der Waals surface area (Å²) in [6.45, 7) is 3.55. The summed E-state index contributed by atoms with van der Waals surface area (Å²) in [5.41, 5.74) is 7.28. The highest BCUT2D eigenvalue weighted by molar-refractivity contribution is 5.91. The quantitative estimate of drug-likeness (QED) is 0.825. The number of rotatable bonds is 2. The van der Waals surface area contributed by atoms with E-state index in [0.29, 0.717) is 11.6 Å². The lowest BCUT2D eigenvalue weighted by atomic mass is 10.2. The van der Waals surface area contributed by atoms with Crippen LogP contribution >= 0.6 is 0 Å². The van der Waals surface area contributed by atoms with Crippen molar-refractivity contribution in [3.05, 3.63) is 35.5 Å². The van der Waals surface area contributed by atoms with Crippen molar-refractivity contribution in [2.45, 2.75) is 13.8 Å². The van der Waals surface area contributed by atoms with Gasteiger partial charge in [-0.2, -0.15) is 0 Å². The molecule has 0 fully saturated rings. The zero-order chi connectivity index (χ0) is 11.7. The molecule has 5 nitrogen and oxygen atoms in total. The number of amides is 1. The van der Waals surface area contributed by atoms with Gasteiger partial charge in [0.1, 0.15) is 0 Å². The highest BCUT2D eigenvalue weighted by Crippen LogP contribution is 2.21. The maximum atomic E-state index is 11.0. The van der Waals surface area contributed by atoms with Gasteiger partial charge < -0.3 is 10.2 Å². The predicted molar refractivity (Wildman–Crippen MR) is 57.7 cm³/mol. The van der Waals surface area contributed by atoms with Crippen molar-refractivity contribution >= 4 is 5.91 Å². The molecule has 2 N–H and O–H groups in total. The number of carbonyl (C=O) groups is 1. The fraction of sp³-hybridized carbons (Fsp3) is 0.182. The van der Waals surface area contributed by atoms with Crippen LogP contribution in [0.15, 0.2) is 22.7 Å². The summed E-state index contributed by atoms with van der Waals surface area (Å²) in [5, 5.41) is 0. The second kappa shape index (κ2) is 3.77. The molecule has 0 bridgehead atoms. The molecule has 2 aromatic rings. The van der Waals surface area contributed by atoms with Gasteiger partial charge in [0, 0.05) is 17.5 Å². The summed E-state index contributed by atoms with van der Waals surface area (Å²) >= 11 is 0. The lowest BCUT2D eigenvalue weighted by Gasteiger charge is -1.95. The monoisotopic (exact) mass is 217 g/mol. The smallest absolute Gasteiger partial charge is 0.286 e. The minimum Gasteiger partial charge on any atom is -0.431 e. The lowest BCUT2D eigenvalue weighted by molar-refractivity contribution is 0.0974. The third-order valence-electron chi connectivity index (χ3n) is 2.16. The number of nitrogens with two attached hydrogens (primary N) is 1. The maximum absolute atomic E-state index is 11.0. The van der Waals surface area contributed by atoms with Crippen LogP contribution in [0, 0.1) is 13.8 Å². The average Bonchev–Trinajstić information content (AvgIpc) is 2.60. The Morgan fingerprint density at radius 1 is 1.44 bits per heavy atom. The van der Waals surface area contributed by atoms with Crippen molar-refractivity contribution in [2.24, 2.45) is 5.73 Å². The molecule has 2 heterocycles. The molecule has 0 saturated carbocycles. The lowest BCUT2D eigenvalue weighted by Crippen LogP contribution is -2.10. The van der Waals surface area contributed by atoms with Gasteiger partial charge >= 0.3 is 0 Å². The van der Waals surface area contributed by atoms with Crippen LogP contribution in [-0.4, -0.2) is 15.9 Å². The fourth-order valence-electron chi connectivity index (χ4n) is 1.43. The number of nitrogens with zero attached hydrogens (tertiary/aromatic N) is 2. The maximum Gasteiger partial charge on any atom is 0.286 e. The standard InChI is InChI=1S/C11H11N3O2/c1-6-5-8(3-4-13-6)11-14-7(2)9(16-11)10(12)15/h3-5H,1-2H3,(H2,12,15). The van der Waals surface area contributed by atoms with Crippen molar-refractivity contribution in [1.82, 2.24) is 9.97 Å². The van der Waals surface area contributed by atoms with Gasteiger partial charge in [0.15, 0.2) is 0 Å². The first-order valence-electron chi connectivity index (χ1n) is 4.78. The Balaban J connectivity index is 2.49. The predicted octanol–water partition coefficient (Wildman–Crippen LogP) is 1.45. The third-order valence-corrected chi connectivity index (χ3v) is 2.16. The number of aromatic nitrogens is 2. The first-order valence-corrected chi connectivity index (χ1v) is 4.78. The molecule has 0 spiro atoms. The molecule has 16 heavy (non-hydrogen) atoms. The molecule has 5 heteroatoms. The Morgan fingerprint density at radius 2 is 2.19 bits per heavy atom. The molecule has 0 aliphatic carbocycles. The van der Waals surface area contributed by atoms with Crippen molar-refractivity contribution in [3.63, 3.8) is 0 Å². The van der Waals surface area contributed by atoms with Gasteiger partial charge in [0.2, 0.25) is 11.7 Å². The number of hydrogen-bond acceptors (Lipinski definition) is 4. The van der Waals surface area contributed by atoms with E-state index in [2.05, 4.69) is 9.97 Å². The van der Waals surface area contributed by atoms with E-state index in [-0.39, 0.29) is 5.76 Å². The van der Waals surface area contributed by atoms with E-state index in [1.807, 2.05) is 13.0 Å². The molecule has 0 aromatic carbocycles. The zero-order valence-electron chi connectivity index (χ0n) is 9.02. The van der Waals surface area contributed by atoms with Gasteiger partial charge in [-0.3, -0.25) is 9.78 Å². The van der Waals surface area contributed by atoms with Gasteiger partial charge in [-0.25, -0.2) is 4.98 Å². The first kappa shape index (κ1) is 10.4.